The topological polar surface area (TPSA) is 94.4 Å². The van der Waals surface area contributed by atoms with Crippen LogP contribution in [0.15, 0.2) is 63.3 Å². The van der Waals surface area contributed by atoms with Gasteiger partial charge in [0.15, 0.2) is 12.1 Å². The molecule has 0 saturated carbocycles. The Bertz CT molecular complexity index is 997. The first-order chi connectivity index (χ1) is 13.5. The van der Waals surface area contributed by atoms with Gasteiger partial charge in [-0.05, 0) is 36.4 Å². The van der Waals surface area contributed by atoms with Gasteiger partial charge >= 0.3 is 0 Å². The van der Waals surface area contributed by atoms with E-state index < -0.39 is 29.8 Å². The summed E-state index contributed by atoms with van der Waals surface area (Å²) >= 11 is 9.35. The van der Waals surface area contributed by atoms with E-state index in [0.29, 0.717) is 16.4 Å². The lowest BCUT2D eigenvalue weighted by Gasteiger charge is -2.20. The average molecular weight is 463 g/mol. The molecule has 0 bridgehead atoms. The zero-order valence-electron chi connectivity index (χ0n) is 14.3. The highest BCUT2D eigenvalue weighted by atomic mass is 79.9. The maximum absolute atomic E-state index is 12.9. The number of imide groups is 1. The summed E-state index contributed by atoms with van der Waals surface area (Å²) in [6.07, 6.45) is 0. The summed E-state index contributed by atoms with van der Waals surface area (Å²) in [6.45, 7) is -0.233. The van der Waals surface area contributed by atoms with Gasteiger partial charge in [0.2, 0.25) is 5.91 Å². The van der Waals surface area contributed by atoms with Gasteiger partial charge in [-0.3, -0.25) is 19.4 Å². The number of anilines is 2. The Balaban J connectivity index is 1.49. The van der Waals surface area contributed by atoms with Gasteiger partial charge in [-0.25, -0.2) is 4.90 Å². The number of amides is 3. The maximum atomic E-state index is 12.9. The number of nitrogens with zero attached hydrogens (tertiary/aromatic N) is 4. The third-order valence-corrected chi connectivity index (χ3v) is 5.25. The van der Waals surface area contributed by atoms with Crippen molar-refractivity contribution in [3.05, 3.63) is 58.0 Å². The zero-order valence-corrected chi connectivity index (χ0v) is 16.6. The molecule has 1 saturated heterocycles. The predicted molar refractivity (Wildman–Crippen MR) is 106 cm³/mol. The average Bonchev–Trinajstić information content (AvgIpc) is 3.18. The van der Waals surface area contributed by atoms with Crippen LogP contribution < -0.4 is 10.2 Å². The van der Waals surface area contributed by atoms with E-state index in [1.165, 1.54) is 5.01 Å². The quantitative estimate of drug-likeness (QED) is 0.707. The summed E-state index contributed by atoms with van der Waals surface area (Å²) in [5.41, 5.74) is 0.899. The molecule has 0 radical (unpaired) electrons. The van der Waals surface area contributed by atoms with E-state index in [1.807, 2.05) is 0 Å². The molecule has 2 atom stereocenters. The van der Waals surface area contributed by atoms with Gasteiger partial charge in [0.25, 0.3) is 11.8 Å². The van der Waals surface area contributed by atoms with Crippen molar-refractivity contribution in [1.29, 1.82) is 0 Å². The molecule has 0 aliphatic carbocycles. The third-order valence-electron chi connectivity index (χ3n) is 4.40. The molecule has 2 aliphatic heterocycles. The molecule has 2 aromatic carbocycles. The number of carbonyl (C=O) groups is 3. The Labute approximate surface area is 173 Å². The van der Waals surface area contributed by atoms with E-state index in [9.17, 15) is 14.4 Å². The second kappa shape index (κ2) is 7.33. The normalized spacial score (nSPS) is 20.6. The standard InChI is InChI=1S/C18H13BrClN5O3/c19-10-5-7-11(8-6-10)25-17(27)15-16(18(25)28)24(23-22-15)9-14(26)21-13-4-2-1-3-12(13)20/h1-8,15-16H,9H2,(H,21,26)/t15-,16-/m0/s1. The molecule has 2 aliphatic rings. The van der Waals surface area contributed by atoms with Gasteiger partial charge in [0.1, 0.15) is 6.54 Å². The van der Waals surface area contributed by atoms with Crippen molar-refractivity contribution >= 4 is 56.6 Å². The fourth-order valence-corrected chi connectivity index (χ4v) is 3.55. The molecule has 2 aromatic rings. The van der Waals surface area contributed by atoms with Crippen LogP contribution in [0.5, 0.6) is 0 Å². The minimum absolute atomic E-state index is 0.233. The van der Waals surface area contributed by atoms with Crippen molar-refractivity contribution in [2.24, 2.45) is 10.3 Å². The number of para-hydroxylation sites is 1. The van der Waals surface area contributed by atoms with Crippen LogP contribution in [0.25, 0.3) is 0 Å². The van der Waals surface area contributed by atoms with E-state index in [2.05, 4.69) is 31.6 Å². The molecule has 10 heteroatoms. The summed E-state index contributed by atoms with van der Waals surface area (Å²) < 4.78 is 0.827. The van der Waals surface area contributed by atoms with Crippen molar-refractivity contribution in [2.75, 3.05) is 16.8 Å². The van der Waals surface area contributed by atoms with Crippen molar-refractivity contribution in [1.82, 2.24) is 5.01 Å². The lowest BCUT2D eigenvalue weighted by molar-refractivity contribution is -0.123. The highest BCUT2D eigenvalue weighted by molar-refractivity contribution is 9.10. The Kier molecular flexibility index (Phi) is 4.86. The first-order valence-electron chi connectivity index (χ1n) is 8.31. The Hall–Kier alpha value is -2.78. The molecule has 1 N–H and O–H groups in total. The van der Waals surface area contributed by atoms with Crippen molar-refractivity contribution in [3.8, 4) is 0 Å². The van der Waals surface area contributed by atoms with Crippen molar-refractivity contribution in [3.63, 3.8) is 0 Å². The summed E-state index contributed by atoms with van der Waals surface area (Å²) in [7, 11) is 0. The van der Waals surface area contributed by atoms with E-state index in [-0.39, 0.29) is 6.54 Å². The highest BCUT2D eigenvalue weighted by Gasteiger charge is 2.55. The van der Waals surface area contributed by atoms with Gasteiger partial charge < -0.3 is 5.32 Å². The predicted octanol–water partition coefficient (Wildman–Crippen LogP) is 3.03. The number of hydrogen-bond acceptors (Lipinski definition) is 6. The molecule has 28 heavy (non-hydrogen) atoms. The van der Waals surface area contributed by atoms with Crippen LogP contribution in [0.1, 0.15) is 0 Å². The molecule has 0 unspecified atom stereocenters. The Morgan fingerprint density at radius 1 is 1.11 bits per heavy atom. The molecule has 4 rings (SSSR count). The van der Waals surface area contributed by atoms with Crippen molar-refractivity contribution in [2.45, 2.75) is 12.1 Å². The lowest BCUT2D eigenvalue weighted by atomic mass is 10.1. The second-order valence-corrected chi connectivity index (χ2v) is 7.53. The van der Waals surface area contributed by atoms with Crippen molar-refractivity contribution < 1.29 is 14.4 Å². The molecule has 3 amide bonds. The number of benzene rings is 2. The molecule has 0 aromatic heterocycles. The van der Waals surface area contributed by atoms with Crippen LogP contribution in [0.4, 0.5) is 11.4 Å². The molecule has 142 valence electrons. The number of halogens is 2. The lowest BCUT2D eigenvalue weighted by Crippen LogP contribution is -2.43. The number of nitrogens with one attached hydrogen (secondary N) is 1. The smallest absolute Gasteiger partial charge is 0.263 e. The molecular formula is C18H13BrClN5O3. The number of hydrogen-bond donors (Lipinski definition) is 1. The molecular weight excluding hydrogens is 450 g/mol. The van der Waals surface area contributed by atoms with Gasteiger partial charge in [-0.2, -0.15) is 5.11 Å². The summed E-state index contributed by atoms with van der Waals surface area (Å²) in [5, 5.41) is 12.0. The van der Waals surface area contributed by atoms with Gasteiger partial charge in [0.05, 0.1) is 16.4 Å². The van der Waals surface area contributed by atoms with Gasteiger partial charge in [0, 0.05) is 4.47 Å². The highest BCUT2D eigenvalue weighted by Crippen LogP contribution is 2.32. The summed E-state index contributed by atoms with van der Waals surface area (Å²) in [5.74, 6) is -1.35. The van der Waals surface area contributed by atoms with E-state index in [0.717, 1.165) is 9.37 Å². The molecule has 0 spiro atoms. The minimum Gasteiger partial charge on any atom is -0.323 e. The van der Waals surface area contributed by atoms with Crippen LogP contribution in [-0.4, -0.2) is 41.4 Å². The largest absolute Gasteiger partial charge is 0.323 e. The zero-order chi connectivity index (χ0) is 19.8. The van der Waals surface area contributed by atoms with Gasteiger partial charge in [-0.15, -0.1) is 0 Å². The van der Waals surface area contributed by atoms with Crippen LogP contribution >= 0.6 is 27.5 Å². The monoisotopic (exact) mass is 461 g/mol. The molecule has 8 nitrogen and oxygen atoms in total. The van der Waals surface area contributed by atoms with Crippen LogP contribution in [0.3, 0.4) is 0 Å². The third kappa shape index (κ3) is 3.27. The molecule has 2 heterocycles. The van der Waals surface area contributed by atoms with Crippen LogP contribution in [0.2, 0.25) is 5.02 Å². The summed E-state index contributed by atoms with van der Waals surface area (Å²) in [6, 6.07) is 11.7. The van der Waals surface area contributed by atoms with E-state index in [4.69, 9.17) is 11.6 Å². The number of carbonyl (C=O) groups excluding carboxylic acids is 3. The first-order valence-corrected chi connectivity index (χ1v) is 9.48. The van der Waals surface area contributed by atoms with E-state index in [1.54, 1.807) is 48.5 Å². The first kappa shape index (κ1) is 18.6. The Morgan fingerprint density at radius 2 is 1.82 bits per heavy atom. The number of fused-ring (bicyclic) bond motifs is 1. The fourth-order valence-electron chi connectivity index (χ4n) is 3.10. The SMILES string of the molecule is O=C(CN1N=N[C@@H]2C(=O)N(c3ccc(Br)cc3)C(=O)[C@H]21)Nc1ccccc1Cl. The van der Waals surface area contributed by atoms with Gasteiger partial charge in [-0.1, -0.05) is 44.9 Å². The molecule has 1 fully saturated rings. The minimum atomic E-state index is -0.954. The Morgan fingerprint density at radius 3 is 2.54 bits per heavy atom. The van der Waals surface area contributed by atoms with E-state index >= 15 is 0 Å². The fraction of sp³-hybridized carbons (Fsp3) is 0.167. The number of rotatable bonds is 4. The van der Waals surface area contributed by atoms with Crippen LogP contribution in [-0.2, 0) is 14.4 Å². The summed E-state index contributed by atoms with van der Waals surface area (Å²) in [4.78, 5) is 39.0. The second-order valence-electron chi connectivity index (χ2n) is 6.21. The maximum Gasteiger partial charge on any atom is 0.263 e. The van der Waals surface area contributed by atoms with Crippen LogP contribution in [0, 0.1) is 0 Å².